The Kier molecular flexibility index (Phi) is 12.4. The predicted octanol–water partition coefficient (Wildman–Crippen LogP) is 6.25. The van der Waals surface area contributed by atoms with E-state index in [0.717, 1.165) is 38.5 Å². The second-order valence-electron chi connectivity index (χ2n) is 11.7. The highest BCUT2D eigenvalue weighted by Crippen LogP contribution is 2.32. The standard InChI is InChI=1S/C33H41F3N2O5/c1-4-5-8-15-41-30(39)14-12-23-11-13-27(20-37)29(18-23)42-22-28(43-31(40)33(34,35)36)21-38-32(2,3)19-24-16-25-9-6-7-10-26(25)17-24/h6-7,9-11,13,18,24,28,38H,4-5,8,12,14-17,19,21-22H2,1-3H3/t28-/m1/s1. The lowest BCUT2D eigenvalue weighted by Gasteiger charge is -2.31. The molecule has 1 aliphatic rings. The molecule has 1 atom stereocenters. The van der Waals surface area contributed by atoms with Crippen molar-refractivity contribution in [2.75, 3.05) is 19.8 Å². The van der Waals surface area contributed by atoms with E-state index >= 15 is 0 Å². The molecule has 43 heavy (non-hydrogen) atoms. The highest BCUT2D eigenvalue weighted by molar-refractivity contribution is 5.75. The highest BCUT2D eigenvalue weighted by Gasteiger charge is 2.42. The third-order valence-electron chi connectivity index (χ3n) is 7.47. The van der Waals surface area contributed by atoms with Crippen molar-refractivity contribution in [2.24, 2.45) is 5.92 Å². The molecule has 1 aliphatic carbocycles. The quantitative estimate of drug-likeness (QED) is 0.179. The van der Waals surface area contributed by atoms with Crippen molar-refractivity contribution in [3.8, 4) is 11.8 Å². The van der Waals surface area contributed by atoms with Crippen LogP contribution in [0.4, 0.5) is 13.2 Å². The zero-order valence-electron chi connectivity index (χ0n) is 25.1. The van der Waals surface area contributed by atoms with Crippen molar-refractivity contribution in [1.82, 2.24) is 5.32 Å². The molecule has 0 aromatic heterocycles. The Bertz CT molecular complexity index is 1250. The molecule has 0 heterocycles. The average molecular weight is 603 g/mol. The molecule has 0 unspecified atom stereocenters. The summed E-state index contributed by atoms with van der Waals surface area (Å²) >= 11 is 0. The molecule has 2 aromatic carbocycles. The van der Waals surface area contributed by atoms with Crippen molar-refractivity contribution in [3.63, 3.8) is 0 Å². The first-order valence-corrected chi connectivity index (χ1v) is 14.8. The van der Waals surface area contributed by atoms with Crippen LogP contribution in [0.1, 0.15) is 75.1 Å². The minimum Gasteiger partial charge on any atom is -0.488 e. The van der Waals surface area contributed by atoms with Crippen LogP contribution < -0.4 is 10.1 Å². The first kappa shape index (κ1) is 33.9. The minimum atomic E-state index is -5.16. The topological polar surface area (TPSA) is 97.7 Å². The first-order chi connectivity index (χ1) is 20.4. The van der Waals surface area contributed by atoms with Gasteiger partial charge in [-0.05, 0) is 80.7 Å². The SMILES string of the molecule is CCCCCOC(=O)CCc1ccc(C#N)c(OC[C@@H](CNC(C)(C)CC2Cc3ccccc3C2)OC(=O)C(F)(F)F)c1. The fraction of sp³-hybridized carbons (Fsp3) is 0.545. The summed E-state index contributed by atoms with van der Waals surface area (Å²) < 4.78 is 55.0. The molecule has 0 fully saturated rings. The lowest BCUT2D eigenvalue weighted by atomic mass is 9.88. The van der Waals surface area contributed by atoms with Crippen molar-refractivity contribution < 1.29 is 37.0 Å². The molecule has 2 aromatic rings. The number of carbonyl (C=O) groups excluding carboxylic acids is 2. The number of ether oxygens (including phenoxy) is 3. The zero-order valence-corrected chi connectivity index (χ0v) is 25.1. The Morgan fingerprint density at radius 2 is 1.79 bits per heavy atom. The van der Waals surface area contributed by atoms with Gasteiger partial charge >= 0.3 is 18.1 Å². The van der Waals surface area contributed by atoms with Crippen LogP contribution in [0, 0.1) is 17.2 Å². The van der Waals surface area contributed by atoms with Gasteiger partial charge in [0, 0.05) is 18.5 Å². The van der Waals surface area contributed by atoms with Gasteiger partial charge in [0.05, 0.1) is 12.2 Å². The number of nitrogens with zero attached hydrogens (tertiary/aromatic N) is 1. The Balaban J connectivity index is 1.61. The molecule has 0 saturated carbocycles. The van der Waals surface area contributed by atoms with E-state index in [2.05, 4.69) is 24.4 Å². The zero-order chi connectivity index (χ0) is 31.5. The first-order valence-electron chi connectivity index (χ1n) is 14.8. The maximum Gasteiger partial charge on any atom is 0.490 e. The molecule has 7 nitrogen and oxygen atoms in total. The third kappa shape index (κ3) is 11.2. The van der Waals surface area contributed by atoms with Gasteiger partial charge in [-0.15, -0.1) is 0 Å². The third-order valence-corrected chi connectivity index (χ3v) is 7.47. The number of hydrogen-bond donors (Lipinski definition) is 1. The maximum absolute atomic E-state index is 13.1. The van der Waals surface area contributed by atoms with Crippen LogP contribution in [-0.2, 0) is 38.3 Å². The summed E-state index contributed by atoms with van der Waals surface area (Å²) in [6.07, 6.45) is -0.537. The molecule has 0 bridgehead atoms. The largest absolute Gasteiger partial charge is 0.490 e. The number of hydrogen-bond acceptors (Lipinski definition) is 7. The number of unbranched alkanes of at least 4 members (excludes halogenated alkanes) is 2. The van der Waals surface area contributed by atoms with Crippen LogP contribution in [0.3, 0.4) is 0 Å². The number of nitriles is 1. The van der Waals surface area contributed by atoms with Crippen molar-refractivity contribution >= 4 is 11.9 Å². The molecule has 1 N–H and O–H groups in total. The van der Waals surface area contributed by atoms with Gasteiger partial charge in [0.15, 0.2) is 0 Å². The van der Waals surface area contributed by atoms with E-state index in [0.29, 0.717) is 24.5 Å². The smallest absolute Gasteiger partial charge is 0.488 e. The fourth-order valence-corrected chi connectivity index (χ4v) is 5.30. The molecule has 0 saturated heterocycles. The van der Waals surface area contributed by atoms with Crippen LogP contribution in [-0.4, -0.2) is 49.5 Å². The van der Waals surface area contributed by atoms with E-state index in [-0.39, 0.29) is 30.2 Å². The van der Waals surface area contributed by atoms with E-state index in [4.69, 9.17) is 14.2 Å². The van der Waals surface area contributed by atoms with E-state index in [9.17, 15) is 28.0 Å². The number of nitrogens with one attached hydrogen (secondary N) is 1. The monoisotopic (exact) mass is 602 g/mol. The summed E-state index contributed by atoms with van der Waals surface area (Å²) in [6, 6.07) is 15.0. The van der Waals surface area contributed by atoms with E-state index < -0.39 is 30.4 Å². The van der Waals surface area contributed by atoms with Gasteiger partial charge in [-0.2, -0.15) is 18.4 Å². The molecule has 0 amide bonds. The maximum atomic E-state index is 13.1. The Morgan fingerprint density at radius 1 is 1.09 bits per heavy atom. The Morgan fingerprint density at radius 3 is 2.42 bits per heavy atom. The van der Waals surface area contributed by atoms with Gasteiger partial charge in [0.1, 0.15) is 24.5 Å². The number of alkyl halides is 3. The van der Waals surface area contributed by atoms with E-state index in [1.807, 2.05) is 32.0 Å². The van der Waals surface area contributed by atoms with Gasteiger partial charge in [0.2, 0.25) is 0 Å². The highest BCUT2D eigenvalue weighted by atomic mass is 19.4. The van der Waals surface area contributed by atoms with Gasteiger partial charge in [-0.25, -0.2) is 4.79 Å². The van der Waals surface area contributed by atoms with Crippen molar-refractivity contribution in [2.45, 2.75) is 90.0 Å². The number of carbonyl (C=O) groups is 2. The Labute approximate surface area is 251 Å². The number of fused-ring (bicyclic) bond motifs is 1. The lowest BCUT2D eigenvalue weighted by Crippen LogP contribution is -2.48. The summed E-state index contributed by atoms with van der Waals surface area (Å²) in [4.78, 5) is 23.8. The number of benzene rings is 2. The van der Waals surface area contributed by atoms with Crippen LogP contribution in [0.5, 0.6) is 5.75 Å². The fourth-order valence-electron chi connectivity index (χ4n) is 5.30. The van der Waals surface area contributed by atoms with Gasteiger partial charge in [-0.3, -0.25) is 4.79 Å². The number of halogens is 3. The molecule has 234 valence electrons. The van der Waals surface area contributed by atoms with Gasteiger partial charge in [-0.1, -0.05) is 50.1 Å². The number of aryl methyl sites for hydroxylation is 1. The second kappa shape index (κ2) is 15.8. The summed E-state index contributed by atoms with van der Waals surface area (Å²) in [6.45, 7) is 5.86. The number of rotatable bonds is 16. The van der Waals surface area contributed by atoms with Gasteiger partial charge in [0.25, 0.3) is 0 Å². The summed E-state index contributed by atoms with van der Waals surface area (Å²) in [7, 11) is 0. The summed E-state index contributed by atoms with van der Waals surface area (Å²) in [5.41, 5.74) is 3.03. The minimum absolute atomic E-state index is 0.0834. The van der Waals surface area contributed by atoms with Crippen LogP contribution in [0.15, 0.2) is 42.5 Å². The molecule has 10 heteroatoms. The molecule has 0 radical (unpaired) electrons. The molecule has 0 spiro atoms. The van der Waals surface area contributed by atoms with E-state index in [1.165, 1.54) is 17.2 Å². The average Bonchev–Trinajstić information content (AvgIpc) is 3.36. The summed E-state index contributed by atoms with van der Waals surface area (Å²) in [5.74, 6) is -2.13. The normalized spacial score (nSPS) is 14.1. The summed E-state index contributed by atoms with van der Waals surface area (Å²) in [5, 5.41) is 12.8. The molecular weight excluding hydrogens is 561 g/mol. The molecular formula is C33H41F3N2O5. The van der Waals surface area contributed by atoms with Crippen LogP contribution >= 0.6 is 0 Å². The van der Waals surface area contributed by atoms with Crippen LogP contribution in [0.25, 0.3) is 0 Å². The van der Waals surface area contributed by atoms with Crippen molar-refractivity contribution in [1.29, 1.82) is 5.26 Å². The molecule has 0 aliphatic heterocycles. The lowest BCUT2D eigenvalue weighted by molar-refractivity contribution is -0.205. The Hall–Kier alpha value is -3.58. The predicted molar refractivity (Wildman–Crippen MR) is 155 cm³/mol. The van der Waals surface area contributed by atoms with Crippen LogP contribution in [0.2, 0.25) is 0 Å². The number of esters is 2. The second-order valence-corrected chi connectivity index (χ2v) is 11.7. The van der Waals surface area contributed by atoms with E-state index in [1.54, 1.807) is 12.1 Å². The van der Waals surface area contributed by atoms with Gasteiger partial charge < -0.3 is 19.5 Å². The molecule has 3 rings (SSSR count). The van der Waals surface area contributed by atoms with Crippen molar-refractivity contribution in [3.05, 3.63) is 64.7 Å².